The summed E-state index contributed by atoms with van der Waals surface area (Å²) < 4.78 is 0. The number of carbonyl (C=O) groups is 2. The number of nitrogens with zero attached hydrogens (tertiary/aromatic N) is 1. The SMILES string of the molecule is CC[C@H](C)NC(=O)[C@@H](Cc1ccccc1)N(Cc1ccccc1Cl)C(=O)Cc1ccccc1Cl. The normalized spacial score (nSPS) is 12.6. The van der Waals surface area contributed by atoms with Crippen molar-refractivity contribution in [1.29, 1.82) is 0 Å². The second-order valence-electron chi connectivity index (χ2n) is 8.40. The smallest absolute Gasteiger partial charge is 0.243 e. The first-order chi connectivity index (χ1) is 16.4. The Kier molecular flexibility index (Phi) is 9.55. The van der Waals surface area contributed by atoms with Gasteiger partial charge in [0, 0.05) is 29.1 Å². The first-order valence-corrected chi connectivity index (χ1v) is 12.2. The molecule has 0 aliphatic carbocycles. The van der Waals surface area contributed by atoms with Gasteiger partial charge in [0.05, 0.1) is 6.42 Å². The molecule has 3 aromatic carbocycles. The van der Waals surface area contributed by atoms with Crippen molar-refractivity contribution in [2.75, 3.05) is 0 Å². The van der Waals surface area contributed by atoms with Crippen LogP contribution in [-0.4, -0.2) is 28.8 Å². The van der Waals surface area contributed by atoms with Crippen molar-refractivity contribution in [3.8, 4) is 0 Å². The molecule has 2 atom stereocenters. The van der Waals surface area contributed by atoms with Crippen LogP contribution >= 0.6 is 23.2 Å². The van der Waals surface area contributed by atoms with Crippen molar-refractivity contribution in [2.45, 2.75) is 51.7 Å². The molecule has 178 valence electrons. The van der Waals surface area contributed by atoms with E-state index in [0.717, 1.165) is 23.1 Å². The maximum absolute atomic E-state index is 13.7. The lowest BCUT2D eigenvalue weighted by atomic mass is 10.0. The minimum Gasteiger partial charge on any atom is -0.352 e. The second-order valence-corrected chi connectivity index (χ2v) is 9.22. The zero-order valence-corrected chi connectivity index (χ0v) is 21.0. The van der Waals surface area contributed by atoms with Crippen LogP contribution < -0.4 is 5.32 Å². The number of nitrogens with one attached hydrogen (secondary N) is 1. The van der Waals surface area contributed by atoms with Crippen LogP contribution in [0.1, 0.15) is 37.0 Å². The van der Waals surface area contributed by atoms with Crippen molar-refractivity contribution < 1.29 is 9.59 Å². The predicted molar refractivity (Wildman–Crippen MR) is 139 cm³/mol. The predicted octanol–water partition coefficient (Wildman–Crippen LogP) is 6.09. The Hall–Kier alpha value is -2.82. The molecule has 6 heteroatoms. The fraction of sp³-hybridized carbons (Fsp3) is 0.286. The molecular formula is C28H30Cl2N2O2. The lowest BCUT2D eigenvalue weighted by Crippen LogP contribution is -2.52. The van der Waals surface area contributed by atoms with E-state index in [1.165, 1.54) is 0 Å². The standard InChI is InChI=1S/C28H30Cl2N2O2/c1-3-20(2)31-28(34)26(17-21-11-5-4-6-12-21)32(19-23-14-8-10-16-25(23)30)27(33)18-22-13-7-9-15-24(22)29/h4-16,20,26H,3,17-19H2,1-2H3,(H,31,34)/t20-,26+/m0/s1. The Morgan fingerprint density at radius 1 is 0.853 bits per heavy atom. The first kappa shape index (κ1) is 25.8. The van der Waals surface area contributed by atoms with E-state index in [-0.39, 0.29) is 30.8 Å². The van der Waals surface area contributed by atoms with Gasteiger partial charge in [-0.15, -0.1) is 0 Å². The average molecular weight is 497 g/mol. The van der Waals surface area contributed by atoms with Crippen molar-refractivity contribution >= 4 is 35.0 Å². The molecule has 0 saturated heterocycles. The molecule has 3 aromatic rings. The van der Waals surface area contributed by atoms with Gasteiger partial charge in [-0.2, -0.15) is 0 Å². The summed E-state index contributed by atoms with van der Waals surface area (Å²) in [6, 6.07) is 23.7. The number of amides is 2. The Labute approximate surface area is 211 Å². The van der Waals surface area contributed by atoms with Crippen LogP contribution in [-0.2, 0) is 29.0 Å². The minimum absolute atomic E-state index is 0.00777. The number of rotatable bonds is 10. The van der Waals surface area contributed by atoms with E-state index in [1.54, 1.807) is 17.0 Å². The summed E-state index contributed by atoms with van der Waals surface area (Å²) >= 11 is 12.8. The van der Waals surface area contributed by atoms with Gasteiger partial charge in [0.1, 0.15) is 6.04 Å². The summed E-state index contributed by atoms with van der Waals surface area (Å²) in [7, 11) is 0. The van der Waals surface area contributed by atoms with Gasteiger partial charge in [-0.05, 0) is 42.2 Å². The highest BCUT2D eigenvalue weighted by molar-refractivity contribution is 6.31. The largest absolute Gasteiger partial charge is 0.352 e. The number of halogens is 2. The Morgan fingerprint density at radius 2 is 1.41 bits per heavy atom. The lowest BCUT2D eigenvalue weighted by molar-refractivity contribution is -0.141. The zero-order valence-electron chi connectivity index (χ0n) is 19.5. The molecule has 1 N–H and O–H groups in total. The maximum atomic E-state index is 13.7. The molecule has 0 heterocycles. The molecule has 34 heavy (non-hydrogen) atoms. The first-order valence-electron chi connectivity index (χ1n) is 11.5. The summed E-state index contributed by atoms with van der Waals surface area (Å²) in [5, 5.41) is 4.15. The molecule has 0 aliphatic heterocycles. The third kappa shape index (κ3) is 7.09. The summed E-state index contributed by atoms with van der Waals surface area (Å²) in [4.78, 5) is 28.8. The molecule has 0 aliphatic rings. The third-order valence-electron chi connectivity index (χ3n) is 5.87. The van der Waals surface area contributed by atoms with Crippen LogP contribution in [0.4, 0.5) is 0 Å². The fourth-order valence-electron chi connectivity index (χ4n) is 3.71. The van der Waals surface area contributed by atoms with Crippen molar-refractivity contribution in [3.05, 3.63) is 106 Å². The lowest BCUT2D eigenvalue weighted by Gasteiger charge is -2.32. The third-order valence-corrected chi connectivity index (χ3v) is 6.61. The van der Waals surface area contributed by atoms with E-state index in [0.29, 0.717) is 16.5 Å². The van der Waals surface area contributed by atoms with E-state index in [1.807, 2.05) is 80.6 Å². The highest BCUT2D eigenvalue weighted by Crippen LogP contribution is 2.23. The minimum atomic E-state index is -0.706. The molecule has 3 rings (SSSR count). The van der Waals surface area contributed by atoms with Gasteiger partial charge in [0.2, 0.25) is 11.8 Å². The summed E-state index contributed by atoms with van der Waals surface area (Å²) in [6.45, 7) is 4.19. The van der Waals surface area contributed by atoms with E-state index in [9.17, 15) is 9.59 Å². The topological polar surface area (TPSA) is 49.4 Å². The Morgan fingerprint density at radius 3 is 2.00 bits per heavy atom. The zero-order chi connectivity index (χ0) is 24.5. The van der Waals surface area contributed by atoms with Gasteiger partial charge in [-0.25, -0.2) is 0 Å². The van der Waals surface area contributed by atoms with Gasteiger partial charge < -0.3 is 10.2 Å². The summed E-state index contributed by atoms with van der Waals surface area (Å²) in [6.07, 6.45) is 1.27. The Balaban J connectivity index is 2.00. The van der Waals surface area contributed by atoms with Crippen LogP contribution in [0.5, 0.6) is 0 Å². The van der Waals surface area contributed by atoms with Crippen LogP contribution in [0, 0.1) is 0 Å². The molecule has 0 fully saturated rings. The van der Waals surface area contributed by atoms with Crippen molar-refractivity contribution in [3.63, 3.8) is 0 Å². The summed E-state index contributed by atoms with van der Waals surface area (Å²) in [5.74, 6) is -0.369. The average Bonchev–Trinajstić information content (AvgIpc) is 2.84. The summed E-state index contributed by atoms with van der Waals surface area (Å²) in [5.41, 5.74) is 2.48. The number of hydrogen-bond donors (Lipinski definition) is 1. The van der Waals surface area contributed by atoms with Gasteiger partial charge in [0.25, 0.3) is 0 Å². The van der Waals surface area contributed by atoms with Gasteiger partial charge >= 0.3 is 0 Å². The van der Waals surface area contributed by atoms with Crippen molar-refractivity contribution in [1.82, 2.24) is 10.2 Å². The molecule has 0 unspecified atom stereocenters. The number of benzene rings is 3. The van der Waals surface area contributed by atoms with Crippen LogP contribution in [0.3, 0.4) is 0 Å². The quantitative estimate of drug-likeness (QED) is 0.369. The van der Waals surface area contributed by atoms with Gasteiger partial charge in [-0.3, -0.25) is 9.59 Å². The molecular weight excluding hydrogens is 467 g/mol. The van der Waals surface area contributed by atoms with Crippen LogP contribution in [0.25, 0.3) is 0 Å². The van der Waals surface area contributed by atoms with Gasteiger partial charge in [-0.1, -0.05) is 96.9 Å². The molecule has 0 radical (unpaired) electrons. The second kappa shape index (κ2) is 12.6. The highest BCUT2D eigenvalue weighted by atomic mass is 35.5. The maximum Gasteiger partial charge on any atom is 0.243 e. The number of hydrogen-bond acceptors (Lipinski definition) is 2. The molecule has 0 spiro atoms. The van der Waals surface area contributed by atoms with Crippen molar-refractivity contribution in [2.24, 2.45) is 0 Å². The van der Waals surface area contributed by atoms with E-state index in [2.05, 4.69) is 5.32 Å². The highest BCUT2D eigenvalue weighted by Gasteiger charge is 2.31. The number of carbonyl (C=O) groups excluding carboxylic acids is 2. The van der Waals surface area contributed by atoms with E-state index >= 15 is 0 Å². The molecule has 2 amide bonds. The van der Waals surface area contributed by atoms with Gasteiger partial charge in [0.15, 0.2) is 0 Å². The molecule has 0 aromatic heterocycles. The monoisotopic (exact) mass is 496 g/mol. The van der Waals surface area contributed by atoms with E-state index in [4.69, 9.17) is 23.2 Å². The fourth-order valence-corrected chi connectivity index (χ4v) is 4.11. The molecule has 0 bridgehead atoms. The van der Waals surface area contributed by atoms with Crippen LogP contribution in [0.2, 0.25) is 10.0 Å². The van der Waals surface area contributed by atoms with E-state index < -0.39 is 6.04 Å². The Bertz CT molecular complexity index is 1100. The molecule has 0 saturated carbocycles. The molecule has 4 nitrogen and oxygen atoms in total. The van der Waals surface area contributed by atoms with Crippen LogP contribution in [0.15, 0.2) is 78.9 Å².